The Balaban J connectivity index is 2.72. The number of benzene rings is 1. The summed E-state index contributed by atoms with van der Waals surface area (Å²) < 4.78 is 6.73. The summed E-state index contributed by atoms with van der Waals surface area (Å²) >= 11 is 3.25. The van der Waals surface area contributed by atoms with Crippen LogP contribution >= 0.6 is 15.9 Å². The molecule has 0 fully saturated rings. The van der Waals surface area contributed by atoms with Crippen LogP contribution in [0.25, 0.3) is 5.69 Å². The molecule has 7 nitrogen and oxygen atoms in total. The molecule has 2 N–H and O–H groups in total. The van der Waals surface area contributed by atoms with Gasteiger partial charge in [0, 0.05) is 16.7 Å². The van der Waals surface area contributed by atoms with Crippen LogP contribution in [-0.4, -0.2) is 27.7 Å². The molecule has 8 heteroatoms. The Morgan fingerprint density at radius 3 is 2.65 bits per heavy atom. The lowest BCUT2D eigenvalue weighted by Crippen LogP contribution is -2.32. The maximum Gasteiger partial charge on any atom is 0.342 e. The first-order valence-corrected chi connectivity index (χ1v) is 6.16. The van der Waals surface area contributed by atoms with Crippen LogP contribution in [0, 0.1) is 0 Å². The molecule has 0 spiro atoms. The van der Waals surface area contributed by atoms with Crippen molar-refractivity contribution in [3.8, 4) is 11.4 Å². The van der Waals surface area contributed by atoms with Gasteiger partial charge in [0.15, 0.2) is 0 Å². The third kappa shape index (κ3) is 2.64. The zero-order chi connectivity index (χ0) is 14.9. The Hall–Kier alpha value is -2.35. The molecule has 0 unspecified atom stereocenters. The van der Waals surface area contributed by atoms with Gasteiger partial charge in [-0.3, -0.25) is 14.3 Å². The number of carboxylic acids is 1. The van der Waals surface area contributed by atoms with E-state index in [9.17, 15) is 14.4 Å². The molecule has 0 aliphatic carbocycles. The zero-order valence-electron chi connectivity index (χ0n) is 10.2. The quantitative estimate of drug-likeness (QED) is 0.867. The first-order valence-electron chi connectivity index (χ1n) is 5.36. The predicted molar refractivity (Wildman–Crippen MR) is 73.9 cm³/mol. The number of carbonyl (C=O) groups is 1. The first kappa shape index (κ1) is 14.1. The molecular weight excluding hydrogens is 332 g/mol. The van der Waals surface area contributed by atoms with Gasteiger partial charge in [-0.05, 0) is 12.1 Å². The van der Waals surface area contributed by atoms with Gasteiger partial charge < -0.3 is 9.84 Å². The van der Waals surface area contributed by atoms with E-state index in [1.54, 1.807) is 12.1 Å². The lowest BCUT2D eigenvalue weighted by Gasteiger charge is -2.09. The van der Waals surface area contributed by atoms with E-state index in [4.69, 9.17) is 9.84 Å². The molecule has 0 amide bonds. The van der Waals surface area contributed by atoms with E-state index in [-0.39, 0.29) is 0 Å². The number of nitrogens with zero attached hydrogens (tertiary/aromatic N) is 1. The fourth-order valence-corrected chi connectivity index (χ4v) is 2.08. The highest BCUT2D eigenvalue weighted by Crippen LogP contribution is 2.22. The van der Waals surface area contributed by atoms with Crippen molar-refractivity contribution >= 4 is 21.9 Å². The molecule has 1 aromatic carbocycles. The van der Waals surface area contributed by atoms with E-state index in [1.165, 1.54) is 13.2 Å². The molecule has 2 rings (SSSR count). The van der Waals surface area contributed by atoms with Crippen molar-refractivity contribution in [3.63, 3.8) is 0 Å². The number of aromatic amines is 1. The Bertz CT molecular complexity index is 793. The van der Waals surface area contributed by atoms with E-state index >= 15 is 0 Å². The molecule has 0 aliphatic heterocycles. The van der Waals surface area contributed by atoms with Crippen LogP contribution in [0.4, 0.5) is 0 Å². The van der Waals surface area contributed by atoms with Crippen LogP contribution in [-0.2, 0) is 0 Å². The molecule has 0 radical (unpaired) electrons. The van der Waals surface area contributed by atoms with Crippen molar-refractivity contribution in [1.29, 1.82) is 0 Å². The summed E-state index contributed by atoms with van der Waals surface area (Å²) in [6.45, 7) is 0. The van der Waals surface area contributed by atoms with Gasteiger partial charge in [-0.2, -0.15) is 0 Å². The maximum atomic E-state index is 11.8. The van der Waals surface area contributed by atoms with E-state index in [1.807, 2.05) is 4.98 Å². The monoisotopic (exact) mass is 340 g/mol. The molecule has 0 saturated heterocycles. The van der Waals surface area contributed by atoms with Gasteiger partial charge in [0.1, 0.15) is 11.3 Å². The van der Waals surface area contributed by atoms with Crippen LogP contribution in [0.15, 0.2) is 38.5 Å². The minimum Gasteiger partial charge on any atom is -0.497 e. The van der Waals surface area contributed by atoms with Crippen molar-refractivity contribution in [3.05, 3.63) is 55.3 Å². The van der Waals surface area contributed by atoms with Crippen molar-refractivity contribution < 1.29 is 14.6 Å². The van der Waals surface area contributed by atoms with E-state index in [0.29, 0.717) is 15.9 Å². The summed E-state index contributed by atoms with van der Waals surface area (Å²) in [5, 5.41) is 8.91. The molecule has 1 aromatic heterocycles. The van der Waals surface area contributed by atoms with Gasteiger partial charge >= 0.3 is 11.7 Å². The average Bonchev–Trinajstić information content (AvgIpc) is 2.37. The summed E-state index contributed by atoms with van der Waals surface area (Å²) in [5.74, 6) is -0.939. The summed E-state index contributed by atoms with van der Waals surface area (Å²) in [4.78, 5) is 36.1. The molecule has 0 atom stereocenters. The van der Waals surface area contributed by atoms with Crippen LogP contribution in [0.5, 0.6) is 5.75 Å². The highest BCUT2D eigenvalue weighted by molar-refractivity contribution is 9.10. The fourth-order valence-electron chi connectivity index (χ4n) is 1.62. The number of aromatic carboxylic acids is 1. The second-order valence-electron chi connectivity index (χ2n) is 3.83. The van der Waals surface area contributed by atoms with E-state index in [0.717, 1.165) is 10.8 Å². The number of methoxy groups -OCH3 is 1. The minimum atomic E-state index is -1.41. The number of hydrogen-bond acceptors (Lipinski definition) is 4. The molecule has 1 heterocycles. The molecule has 2 aromatic rings. The number of hydrogen-bond donors (Lipinski definition) is 2. The Morgan fingerprint density at radius 1 is 1.35 bits per heavy atom. The van der Waals surface area contributed by atoms with Gasteiger partial charge in [-0.1, -0.05) is 15.9 Å². The van der Waals surface area contributed by atoms with Gasteiger partial charge in [-0.15, -0.1) is 0 Å². The first-order chi connectivity index (χ1) is 9.42. The maximum absolute atomic E-state index is 11.8. The molecule has 0 bridgehead atoms. The van der Waals surface area contributed by atoms with Crippen molar-refractivity contribution in [2.75, 3.05) is 7.11 Å². The highest BCUT2D eigenvalue weighted by atomic mass is 79.9. The highest BCUT2D eigenvalue weighted by Gasteiger charge is 2.13. The predicted octanol–water partition coefficient (Wildman–Crippen LogP) is 0.995. The van der Waals surface area contributed by atoms with Gasteiger partial charge in [0.25, 0.3) is 5.56 Å². The summed E-state index contributed by atoms with van der Waals surface area (Å²) in [6.07, 6.45) is 0.977. The second-order valence-corrected chi connectivity index (χ2v) is 4.74. The molecular formula is C12H9BrN2O5. The summed E-state index contributed by atoms with van der Waals surface area (Å²) in [7, 11) is 1.46. The topological polar surface area (TPSA) is 101 Å². The number of H-pyrrole nitrogens is 1. The third-order valence-corrected chi connectivity index (χ3v) is 3.00. The summed E-state index contributed by atoms with van der Waals surface area (Å²) in [6, 6.07) is 4.81. The number of nitrogens with one attached hydrogen (secondary N) is 1. The number of carboxylic acid groups (broad SMARTS) is 1. The minimum absolute atomic E-state index is 0.361. The van der Waals surface area contributed by atoms with Crippen LogP contribution in [0.3, 0.4) is 0 Å². The third-order valence-electron chi connectivity index (χ3n) is 2.54. The van der Waals surface area contributed by atoms with Crippen LogP contribution < -0.4 is 16.0 Å². The molecule has 0 saturated carbocycles. The average molecular weight is 341 g/mol. The Labute approximate surface area is 120 Å². The Kier molecular flexibility index (Phi) is 3.75. The number of aromatic nitrogens is 2. The van der Waals surface area contributed by atoms with Crippen molar-refractivity contribution in [2.45, 2.75) is 0 Å². The Morgan fingerprint density at radius 2 is 2.05 bits per heavy atom. The summed E-state index contributed by atoms with van der Waals surface area (Å²) in [5.41, 5.74) is -1.84. The number of halogens is 1. The van der Waals surface area contributed by atoms with Gasteiger partial charge in [0.05, 0.1) is 12.8 Å². The number of ether oxygens (including phenoxy) is 1. The largest absolute Gasteiger partial charge is 0.497 e. The van der Waals surface area contributed by atoms with E-state index < -0.39 is 22.8 Å². The zero-order valence-corrected chi connectivity index (χ0v) is 11.8. The fraction of sp³-hybridized carbons (Fsp3) is 0.0833. The normalized spacial score (nSPS) is 10.3. The lowest BCUT2D eigenvalue weighted by molar-refractivity contribution is 0.0694. The number of rotatable bonds is 3. The molecule has 0 aliphatic rings. The van der Waals surface area contributed by atoms with Crippen LogP contribution in [0.1, 0.15) is 10.4 Å². The van der Waals surface area contributed by atoms with Crippen molar-refractivity contribution in [1.82, 2.24) is 9.55 Å². The standard InChI is InChI=1S/C12H9BrN2O5/c1-20-8-3-6(13)2-7(4-8)15-5-9(11(17)18)10(16)14-12(15)19/h2-5H,1H3,(H,17,18)(H,14,16,19). The molecule has 20 heavy (non-hydrogen) atoms. The smallest absolute Gasteiger partial charge is 0.342 e. The van der Waals surface area contributed by atoms with Crippen LogP contribution in [0.2, 0.25) is 0 Å². The van der Waals surface area contributed by atoms with Gasteiger partial charge in [-0.25, -0.2) is 9.59 Å². The SMILES string of the molecule is COc1cc(Br)cc(-n2cc(C(=O)O)c(=O)[nH]c2=O)c1. The second kappa shape index (κ2) is 5.33. The molecule has 104 valence electrons. The van der Waals surface area contributed by atoms with Crippen molar-refractivity contribution in [2.24, 2.45) is 0 Å². The van der Waals surface area contributed by atoms with E-state index in [2.05, 4.69) is 15.9 Å². The van der Waals surface area contributed by atoms with Gasteiger partial charge in [0.2, 0.25) is 0 Å². The lowest BCUT2D eigenvalue weighted by atomic mass is 10.3.